The van der Waals surface area contributed by atoms with Crippen LogP contribution in [0.15, 0.2) is 0 Å². The van der Waals surface area contributed by atoms with Crippen molar-refractivity contribution in [1.29, 1.82) is 0 Å². The first-order chi connectivity index (χ1) is 9.85. The molecular weight excluding hydrogens is 270 g/mol. The first kappa shape index (κ1) is 18.0. The highest BCUT2D eigenvalue weighted by molar-refractivity contribution is 5.82. The van der Waals surface area contributed by atoms with E-state index in [1.807, 2.05) is 6.92 Å². The summed E-state index contributed by atoms with van der Waals surface area (Å²) < 4.78 is 5.95. The van der Waals surface area contributed by atoms with Gasteiger partial charge in [0, 0.05) is 6.04 Å². The molecule has 21 heavy (non-hydrogen) atoms. The molecule has 1 amide bonds. The number of carbonyl (C=O) groups excluding carboxylic acids is 1. The Hall–Kier alpha value is -1.10. The number of nitrogens with one attached hydrogen (secondary N) is 1. The third-order valence-corrected chi connectivity index (χ3v) is 4.42. The molecule has 0 aromatic heterocycles. The average molecular weight is 299 g/mol. The average Bonchev–Trinajstić information content (AvgIpc) is 2.43. The first-order valence-corrected chi connectivity index (χ1v) is 8.03. The summed E-state index contributed by atoms with van der Waals surface area (Å²) in [6.07, 6.45) is 4.66. The van der Waals surface area contributed by atoms with Crippen molar-refractivity contribution in [2.75, 3.05) is 0 Å². The van der Waals surface area contributed by atoms with Crippen LogP contribution in [0.3, 0.4) is 0 Å². The number of hydrogen-bond donors (Lipinski definition) is 2. The number of carbonyl (C=O) groups is 2. The normalized spacial score (nSPS) is 26.7. The van der Waals surface area contributed by atoms with Crippen LogP contribution in [0.25, 0.3) is 0 Å². The molecule has 1 fully saturated rings. The minimum absolute atomic E-state index is 0.150. The van der Waals surface area contributed by atoms with Gasteiger partial charge in [-0.1, -0.05) is 26.7 Å². The molecule has 0 radical (unpaired) electrons. The van der Waals surface area contributed by atoms with Crippen molar-refractivity contribution < 1.29 is 19.4 Å². The number of rotatable bonds is 7. The SMILES string of the molecule is CCC(OC1CCCC(C)C1)C(=O)NC(C)C(C)C(=O)O. The van der Waals surface area contributed by atoms with Crippen LogP contribution in [-0.2, 0) is 14.3 Å². The second-order valence-electron chi connectivity index (χ2n) is 6.35. The van der Waals surface area contributed by atoms with Gasteiger partial charge in [0.25, 0.3) is 0 Å². The Labute approximate surface area is 127 Å². The van der Waals surface area contributed by atoms with Gasteiger partial charge in [0.2, 0.25) is 5.91 Å². The van der Waals surface area contributed by atoms with Crippen LogP contribution in [-0.4, -0.2) is 35.2 Å². The quantitative estimate of drug-likeness (QED) is 0.757. The van der Waals surface area contributed by atoms with E-state index in [0.717, 1.165) is 19.3 Å². The van der Waals surface area contributed by atoms with Gasteiger partial charge in [-0.25, -0.2) is 0 Å². The maximum Gasteiger partial charge on any atom is 0.308 e. The predicted molar refractivity (Wildman–Crippen MR) is 81.0 cm³/mol. The van der Waals surface area contributed by atoms with Crippen molar-refractivity contribution in [2.24, 2.45) is 11.8 Å². The zero-order chi connectivity index (χ0) is 16.0. The highest BCUT2D eigenvalue weighted by Crippen LogP contribution is 2.27. The van der Waals surface area contributed by atoms with E-state index in [0.29, 0.717) is 12.3 Å². The number of amides is 1. The molecule has 5 nitrogen and oxygen atoms in total. The van der Waals surface area contributed by atoms with E-state index in [1.165, 1.54) is 6.42 Å². The number of aliphatic carboxylic acids is 1. The van der Waals surface area contributed by atoms with Crippen molar-refractivity contribution in [3.8, 4) is 0 Å². The zero-order valence-corrected chi connectivity index (χ0v) is 13.6. The van der Waals surface area contributed by atoms with Crippen molar-refractivity contribution in [3.05, 3.63) is 0 Å². The monoisotopic (exact) mass is 299 g/mol. The number of carboxylic acids is 1. The second kappa shape index (κ2) is 8.37. The molecule has 5 atom stereocenters. The molecular formula is C16H29NO4. The lowest BCUT2D eigenvalue weighted by atomic mass is 9.88. The van der Waals surface area contributed by atoms with Crippen molar-refractivity contribution in [3.63, 3.8) is 0 Å². The molecule has 1 aliphatic rings. The minimum Gasteiger partial charge on any atom is -0.481 e. The Balaban J connectivity index is 2.50. The lowest BCUT2D eigenvalue weighted by Gasteiger charge is -2.30. The highest BCUT2D eigenvalue weighted by Gasteiger charge is 2.28. The van der Waals surface area contributed by atoms with Crippen LogP contribution in [0.5, 0.6) is 0 Å². The van der Waals surface area contributed by atoms with E-state index in [4.69, 9.17) is 9.84 Å². The van der Waals surface area contributed by atoms with E-state index in [2.05, 4.69) is 12.2 Å². The third kappa shape index (κ3) is 5.65. The summed E-state index contributed by atoms with van der Waals surface area (Å²) in [6, 6.07) is -0.405. The fourth-order valence-corrected chi connectivity index (χ4v) is 2.73. The Morgan fingerprint density at radius 1 is 1.33 bits per heavy atom. The Morgan fingerprint density at radius 3 is 2.52 bits per heavy atom. The van der Waals surface area contributed by atoms with Crippen LogP contribution in [0.4, 0.5) is 0 Å². The van der Waals surface area contributed by atoms with Gasteiger partial charge >= 0.3 is 5.97 Å². The fourth-order valence-electron chi connectivity index (χ4n) is 2.73. The predicted octanol–water partition coefficient (Wildman–Crippen LogP) is 2.59. The number of ether oxygens (including phenoxy) is 1. The van der Waals surface area contributed by atoms with E-state index in [1.54, 1.807) is 13.8 Å². The van der Waals surface area contributed by atoms with E-state index < -0.39 is 24.0 Å². The highest BCUT2D eigenvalue weighted by atomic mass is 16.5. The molecule has 2 N–H and O–H groups in total. The maximum atomic E-state index is 12.2. The molecule has 0 spiro atoms. The van der Waals surface area contributed by atoms with Gasteiger partial charge in [0.1, 0.15) is 6.10 Å². The van der Waals surface area contributed by atoms with Crippen LogP contribution in [0.1, 0.15) is 59.8 Å². The standard InChI is InChI=1S/C16H29NO4/c1-5-14(21-13-8-6-7-10(2)9-13)15(18)17-12(4)11(3)16(19)20/h10-14H,5-9H2,1-4H3,(H,17,18)(H,19,20). The molecule has 0 aliphatic heterocycles. The van der Waals surface area contributed by atoms with Crippen LogP contribution in [0, 0.1) is 11.8 Å². The summed E-state index contributed by atoms with van der Waals surface area (Å²) in [5, 5.41) is 11.7. The molecule has 0 aromatic carbocycles. The van der Waals surface area contributed by atoms with Crippen LogP contribution >= 0.6 is 0 Å². The molecule has 0 saturated heterocycles. The Kier molecular flexibility index (Phi) is 7.15. The second-order valence-corrected chi connectivity index (χ2v) is 6.35. The molecule has 122 valence electrons. The Morgan fingerprint density at radius 2 is 2.00 bits per heavy atom. The van der Waals surface area contributed by atoms with Gasteiger partial charge in [-0.2, -0.15) is 0 Å². The summed E-state index contributed by atoms with van der Waals surface area (Å²) in [5.74, 6) is -1.06. The van der Waals surface area contributed by atoms with Crippen LogP contribution in [0.2, 0.25) is 0 Å². The van der Waals surface area contributed by atoms with Gasteiger partial charge in [-0.05, 0) is 39.0 Å². The number of carboxylic acid groups (broad SMARTS) is 1. The fraction of sp³-hybridized carbons (Fsp3) is 0.875. The lowest BCUT2D eigenvalue weighted by Crippen LogP contribution is -2.46. The van der Waals surface area contributed by atoms with Crippen molar-refractivity contribution in [2.45, 2.75) is 78.0 Å². The summed E-state index contributed by atoms with van der Waals surface area (Å²) in [4.78, 5) is 23.2. The molecule has 1 rings (SSSR count). The van der Waals surface area contributed by atoms with Crippen molar-refractivity contribution >= 4 is 11.9 Å². The lowest BCUT2D eigenvalue weighted by molar-refractivity contribution is -0.144. The smallest absolute Gasteiger partial charge is 0.308 e. The number of hydrogen-bond acceptors (Lipinski definition) is 3. The summed E-state index contributed by atoms with van der Waals surface area (Å²) in [7, 11) is 0. The largest absolute Gasteiger partial charge is 0.481 e. The van der Waals surface area contributed by atoms with Gasteiger partial charge in [0.15, 0.2) is 0 Å². The minimum atomic E-state index is -0.905. The molecule has 1 aliphatic carbocycles. The van der Waals surface area contributed by atoms with Crippen LogP contribution < -0.4 is 5.32 Å². The van der Waals surface area contributed by atoms with Crippen molar-refractivity contribution in [1.82, 2.24) is 5.32 Å². The molecule has 0 heterocycles. The van der Waals surface area contributed by atoms with E-state index in [-0.39, 0.29) is 12.0 Å². The molecule has 0 bridgehead atoms. The van der Waals surface area contributed by atoms with E-state index >= 15 is 0 Å². The van der Waals surface area contributed by atoms with E-state index in [9.17, 15) is 9.59 Å². The van der Waals surface area contributed by atoms with Gasteiger partial charge in [-0.3, -0.25) is 9.59 Å². The topological polar surface area (TPSA) is 75.6 Å². The van der Waals surface area contributed by atoms with Gasteiger partial charge < -0.3 is 15.2 Å². The third-order valence-electron chi connectivity index (χ3n) is 4.42. The molecule has 0 aromatic rings. The van der Waals surface area contributed by atoms with Gasteiger partial charge in [0.05, 0.1) is 12.0 Å². The first-order valence-electron chi connectivity index (χ1n) is 8.03. The summed E-state index contributed by atoms with van der Waals surface area (Å²) in [6.45, 7) is 7.44. The maximum absolute atomic E-state index is 12.2. The molecule has 5 heteroatoms. The molecule has 5 unspecified atom stereocenters. The Bertz CT molecular complexity index is 358. The van der Waals surface area contributed by atoms with Gasteiger partial charge in [-0.15, -0.1) is 0 Å². The molecule has 1 saturated carbocycles. The summed E-state index contributed by atoms with van der Waals surface area (Å²) >= 11 is 0. The summed E-state index contributed by atoms with van der Waals surface area (Å²) in [5.41, 5.74) is 0. The zero-order valence-electron chi connectivity index (χ0n) is 13.6.